The molecule has 25 heavy (non-hydrogen) atoms. The largest absolute Gasteiger partial charge is 0.496 e. The van der Waals surface area contributed by atoms with Crippen molar-refractivity contribution in [3.8, 4) is 11.8 Å². The number of hydrogen-bond donors (Lipinski definition) is 1. The van der Waals surface area contributed by atoms with E-state index < -0.39 is 0 Å². The minimum atomic E-state index is -0.00511. The summed E-state index contributed by atoms with van der Waals surface area (Å²) in [6.07, 6.45) is 1.48. The van der Waals surface area contributed by atoms with Gasteiger partial charge in [0.2, 0.25) is 5.91 Å². The van der Waals surface area contributed by atoms with Gasteiger partial charge in [0.05, 0.1) is 31.8 Å². The first kappa shape index (κ1) is 18.5. The van der Waals surface area contributed by atoms with Crippen molar-refractivity contribution in [2.45, 2.75) is 46.2 Å². The number of carbonyl (C=O) groups excluding carboxylic acids is 1. The van der Waals surface area contributed by atoms with Gasteiger partial charge in [-0.15, -0.1) is 0 Å². The molecule has 1 amide bonds. The highest BCUT2D eigenvalue weighted by atomic mass is 16.5. The summed E-state index contributed by atoms with van der Waals surface area (Å²) >= 11 is 0. The molecule has 0 bridgehead atoms. The zero-order valence-corrected chi connectivity index (χ0v) is 15.0. The molecule has 0 spiro atoms. The van der Waals surface area contributed by atoms with Gasteiger partial charge in [0.25, 0.3) is 0 Å². The molecule has 0 aliphatic carbocycles. The second-order valence-electron chi connectivity index (χ2n) is 5.87. The van der Waals surface area contributed by atoms with Crippen molar-refractivity contribution in [2.75, 3.05) is 7.11 Å². The molecule has 132 valence electrons. The van der Waals surface area contributed by atoms with Gasteiger partial charge in [-0.2, -0.15) is 10.4 Å². The first-order chi connectivity index (χ1) is 12.1. The van der Waals surface area contributed by atoms with E-state index in [4.69, 9.17) is 10.00 Å². The number of nitriles is 1. The summed E-state index contributed by atoms with van der Waals surface area (Å²) in [5.41, 5.74) is 4.00. The average molecular weight is 340 g/mol. The molecule has 0 unspecified atom stereocenters. The Hall–Kier alpha value is -2.81. The lowest BCUT2D eigenvalue weighted by molar-refractivity contribution is -0.121. The monoisotopic (exact) mass is 340 g/mol. The fourth-order valence-corrected chi connectivity index (χ4v) is 2.84. The number of amides is 1. The third-order valence-electron chi connectivity index (χ3n) is 4.24. The molecule has 0 saturated carbocycles. The Bertz CT molecular complexity index is 774. The van der Waals surface area contributed by atoms with Crippen LogP contribution in [0.1, 0.15) is 35.4 Å². The number of nitrogens with zero attached hydrogens (tertiary/aromatic N) is 3. The Balaban J connectivity index is 1.90. The molecule has 0 aliphatic rings. The van der Waals surface area contributed by atoms with E-state index >= 15 is 0 Å². The van der Waals surface area contributed by atoms with Gasteiger partial charge in [-0.1, -0.05) is 18.2 Å². The van der Waals surface area contributed by atoms with Gasteiger partial charge in [0, 0.05) is 24.2 Å². The molecule has 6 heteroatoms. The number of aryl methyl sites for hydroxylation is 2. The van der Waals surface area contributed by atoms with E-state index in [2.05, 4.69) is 16.5 Å². The summed E-state index contributed by atoms with van der Waals surface area (Å²) in [4.78, 5) is 12.2. The van der Waals surface area contributed by atoms with Gasteiger partial charge in [0.15, 0.2) is 0 Å². The van der Waals surface area contributed by atoms with Crippen LogP contribution in [0.2, 0.25) is 0 Å². The maximum absolute atomic E-state index is 12.2. The van der Waals surface area contributed by atoms with E-state index in [0.29, 0.717) is 32.4 Å². The van der Waals surface area contributed by atoms with Gasteiger partial charge in [-0.3, -0.25) is 9.48 Å². The normalized spacial score (nSPS) is 10.3. The molecule has 0 atom stereocenters. The summed E-state index contributed by atoms with van der Waals surface area (Å²) in [6.45, 7) is 4.96. The van der Waals surface area contributed by atoms with Crippen molar-refractivity contribution in [2.24, 2.45) is 0 Å². The minimum absolute atomic E-state index is 0.00511. The SMILES string of the molecule is COc1ccccc1CNC(=O)CCc1c(C)nn(CCC#N)c1C. The van der Waals surface area contributed by atoms with Crippen LogP contribution in [0.25, 0.3) is 0 Å². The van der Waals surface area contributed by atoms with Crippen molar-refractivity contribution in [3.05, 3.63) is 46.8 Å². The van der Waals surface area contributed by atoms with Crippen LogP contribution in [0.5, 0.6) is 5.75 Å². The number of ether oxygens (including phenoxy) is 1. The lowest BCUT2D eigenvalue weighted by Gasteiger charge is -2.09. The van der Waals surface area contributed by atoms with Crippen LogP contribution in [0.4, 0.5) is 0 Å². The zero-order valence-electron chi connectivity index (χ0n) is 15.0. The van der Waals surface area contributed by atoms with E-state index in [0.717, 1.165) is 28.3 Å². The summed E-state index contributed by atoms with van der Waals surface area (Å²) in [7, 11) is 1.62. The lowest BCUT2D eigenvalue weighted by Crippen LogP contribution is -2.23. The first-order valence-corrected chi connectivity index (χ1v) is 8.35. The Morgan fingerprint density at radius 3 is 2.84 bits per heavy atom. The molecular formula is C19H24N4O2. The molecule has 6 nitrogen and oxygen atoms in total. The van der Waals surface area contributed by atoms with E-state index in [1.165, 1.54) is 0 Å². The summed E-state index contributed by atoms with van der Waals surface area (Å²) in [5, 5.41) is 16.1. The average Bonchev–Trinajstić information content (AvgIpc) is 2.89. The molecule has 1 heterocycles. The molecular weight excluding hydrogens is 316 g/mol. The summed E-state index contributed by atoms with van der Waals surface area (Å²) in [5.74, 6) is 0.766. The lowest BCUT2D eigenvalue weighted by atomic mass is 10.1. The standard InChI is InChI=1S/C19H24N4O2/c1-14-17(15(2)23(22-14)12-6-11-20)9-10-19(24)21-13-16-7-4-5-8-18(16)25-3/h4-5,7-8H,6,9-10,12-13H2,1-3H3,(H,21,24). The first-order valence-electron chi connectivity index (χ1n) is 8.35. The van der Waals surface area contributed by atoms with Gasteiger partial charge in [-0.05, 0) is 31.9 Å². The Kier molecular flexibility index (Phi) is 6.58. The zero-order chi connectivity index (χ0) is 18.2. The molecule has 2 aromatic rings. The molecule has 0 aliphatic heterocycles. The Labute approximate surface area is 148 Å². The van der Waals surface area contributed by atoms with Crippen LogP contribution < -0.4 is 10.1 Å². The third kappa shape index (κ3) is 4.83. The molecule has 0 saturated heterocycles. The smallest absolute Gasteiger partial charge is 0.220 e. The van der Waals surface area contributed by atoms with Gasteiger partial charge >= 0.3 is 0 Å². The number of carbonyl (C=O) groups is 1. The quantitative estimate of drug-likeness (QED) is 0.801. The molecule has 0 fully saturated rings. The highest BCUT2D eigenvalue weighted by Gasteiger charge is 2.13. The predicted molar refractivity (Wildman–Crippen MR) is 95.1 cm³/mol. The van der Waals surface area contributed by atoms with Crippen LogP contribution in [0.15, 0.2) is 24.3 Å². The van der Waals surface area contributed by atoms with Crippen molar-refractivity contribution in [1.82, 2.24) is 15.1 Å². The maximum Gasteiger partial charge on any atom is 0.220 e. The van der Waals surface area contributed by atoms with Crippen LogP contribution in [-0.4, -0.2) is 22.8 Å². The molecule has 0 radical (unpaired) electrons. The Morgan fingerprint density at radius 1 is 1.36 bits per heavy atom. The minimum Gasteiger partial charge on any atom is -0.496 e. The van der Waals surface area contributed by atoms with Crippen molar-refractivity contribution < 1.29 is 9.53 Å². The van der Waals surface area contributed by atoms with E-state index in [1.54, 1.807) is 7.11 Å². The predicted octanol–water partition coefficient (Wildman–Crippen LogP) is 2.67. The number of benzene rings is 1. The van der Waals surface area contributed by atoms with E-state index in [1.807, 2.05) is 42.8 Å². The Morgan fingerprint density at radius 2 is 2.12 bits per heavy atom. The number of methoxy groups -OCH3 is 1. The van der Waals surface area contributed by atoms with Crippen molar-refractivity contribution in [1.29, 1.82) is 5.26 Å². The van der Waals surface area contributed by atoms with Crippen molar-refractivity contribution in [3.63, 3.8) is 0 Å². The number of para-hydroxylation sites is 1. The van der Waals surface area contributed by atoms with Gasteiger partial charge < -0.3 is 10.1 Å². The van der Waals surface area contributed by atoms with Crippen LogP contribution in [0.3, 0.4) is 0 Å². The summed E-state index contributed by atoms with van der Waals surface area (Å²) in [6, 6.07) is 9.77. The van der Waals surface area contributed by atoms with E-state index in [9.17, 15) is 4.79 Å². The van der Waals surface area contributed by atoms with Crippen LogP contribution in [0, 0.1) is 25.2 Å². The van der Waals surface area contributed by atoms with Gasteiger partial charge in [-0.25, -0.2) is 0 Å². The van der Waals surface area contributed by atoms with Crippen LogP contribution in [-0.2, 0) is 24.3 Å². The van der Waals surface area contributed by atoms with Gasteiger partial charge in [0.1, 0.15) is 5.75 Å². The van der Waals surface area contributed by atoms with Crippen molar-refractivity contribution >= 4 is 5.91 Å². The van der Waals surface area contributed by atoms with E-state index in [-0.39, 0.29) is 5.91 Å². The number of aromatic nitrogens is 2. The third-order valence-corrected chi connectivity index (χ3v) is 4.24. The number of rotatable bonds is 8. The molecule has 2 rings (SSSR count). The second kappa shape index (κ2) is 8.88. The number of hydrogen-bond acceptors (Lipinski definition) is 4. The fourth-order valence-electron chi connectivity index (χ4n) is 2.84. The fraction of sp³-hybridized carbons (Fsp3) is 0.421. The molecule has 1 aromatic heterocycles. The van der Waals surface area contributed by atoms with Crippen LogP contribution >= 0.6 is 0 Å². The summed E-state index contributed by atoms with van der Waals surface area (Å²) < 4.78 is 7.14. The second-order valence-corrected chi connectivity index (χ2v) is 5.87. The molecule has 1 aromatic carbocycles. The molecule has 1 N–H and O–H groups in total. The highest BCUT2D eigenvalue weighted by Crippen LogP contribution is 2.18. The maximum atomic E-state index is 12.2. The number of nitrogens with one attached hydrogen (secondary N) is 1. The topological polar surface area (TPSA) is 79.9 Å². The highest BCUT2D eigenvalue weighted by molar-refractivity contribution is 5.76.